The van der Waals surface area contributed by atoms with Crippen LogP contribution in [0.15, 0.2) is 47.8 Å². The van der Waals surface area contributed by atoms with Gasteiger partial charge in [-0.1, -0.05) is 6.07 Å². The van der Waals surface area contributed by atoms with Gasteiger partial charge in [-0.3, -0.25) is 9.78 Å². The SMILES string of the molecule is COc1ccc(C23CC/C(=N/NC(=O)c4cccnc4)CC2N(C)CC3)cc1OC. The van der Waals surface area contributed by atoms with Gasteiger partial charge in [-0.15, -0.1) is 0 Å². The van der Waals surface area contributed by atoms with Crippen LogP contribution in [-0.2, 0) is 5.41 Å². The van der Waals surface area contributed by atoms with Gasteiger partial charge in [0, 0.05) is 36.0 Å². The van der Waals surface area contributed by atoms with Crippen LogP contribution in [0.5, 0.6) is 11.5 Å². The van der Waals surface area contributed by atoms with Gasteiger partial charge in [-0.2, -0.15) is 5.10 Å². The Morgan fingerprint density at radius 2 is 2.07 bits per heavy atom. The first-order valence-corrected chi connectivity index (χ1v) is 10.3. The van der Waals surface area contributed by atoms with Gasteiger partial charge in [0.05, 0.1) is 19.8 Å². The Kier molecular flexibility index (Phi) is 5.72. The lowest BCUT2D eigenvalue weighted by Crippen LogP contribution is -2.46. The Bertz CT molecular complexity index is 947. The van der Waals surface area contributed by atoms with E-state index in [0.717, 1.165) is 49.4 Å². The zero-order valence-corrected chi connectivity index (χ0v) is 17.7. The van der Waals surface area contributed by atoms with Crippen molar-refractivity contribution < 1.29 is 14.3 Å². The van der Waals surface area contributed by atoms with Crippen molar-refractivity contribution in [2.75, 3.05) is 27.8 Å². The van der Waals surface area contributed by atoms with E-state index < -0.39 is 0 Å². The molecule has 0 spiro atoms. The highest BCUT2D eigenvalue weighted by molar-refractivity contribution is 5.95. The number of amides is 1. The predicted molar refractivity (Wildman–Crippen MR) is 115 cm³/mol. The highest BCUT2D eigenvalue weighted by atomic mass is 16.5. The third kappa shape index (κ3) is 3.65. The van der Waals surface area contributed by atoms with Crippen LogP contribution in [0.3, 0.4) is 0 Å². The molecule has 2 fully saturated rings. The molecule has 1 aromatic heterocycles. The molecular weight excluding hydrogens is 380 g/mol. The van der Waals surface area contributed by atoms with Gasteiger partial charge in [-0.25, -0.2) is 5.43 Å². The quantitative estimate of drug-likeness (QED) is 0.770. The van der Waals surface area contributed by atoms with Gasteiger partial charge in [0.1, 0.15) is 0 Å². The van der Waals surface area contributed by atoms with Gasteiger partial charge < -0.3 is 14.4 Å². The molecule has 2 atom stereocenters. The van der Waals surface area contributed by atoms with Crippen molar-refractivity contribution in [3.8, 4) is 11.5 Å². The molecule has 0 radical (unpaired) electrons. The van der Waals surface area contributed by atoms with Crippen molar-refractivity contribution in [3.05, 3.63) is 53.9 Å². The number of ether oxygens (including phenoxy) is 2. The summed E-state index contributed by atoms with van der Waals surface area (Å²) in [7, 11) is 5.50. The number of rotatable bonds is 5. The van der Waals surface area contributed by atoms with E-state index in [1.165, 1.54) is 5.56 Å². The number of pyridine rings is 1. The highest BCUT2D eigenvalue weighted by Gasteiger charge is 2.49. The molecule has 2 aliphatic rings. The Hall–Kier alpha value is -2.93. The molecule has 1 aliphatic carbocycles. The topological polar surface area (TPSA) is 76.0 Å². The summed E-state index contributed by atoms with van der Waals surface area (Å²) >= 11 is 0. The molecule has 158 valence electrons. The van der Waals surface area contributed by atoms with Crippen molar-refractivity contribution in [3.63, 3.8) is 0 Å². The summed E-state index contributed by atoms with van der Waals surface area (Å²) in [5.74, 6) is 1.28. The minimum atomic E-state index is -0.230. The summed E-state index contributed by atoms with van der Waals surface area (Å²) in [5.41, 5.74) is 5.58. The van der Waals surface area contributed by atoms with Crippen molar-refractivity contribution >= 4 is 11.6 Å². The van der Waals surface area contributed by atoms with E-state index >= 15 is 0 Å². The number of likely N-dealkylation sites (N-methyl/N-ethyl adjacent to an activating group) is 1. The summed E-state index contributed by atoms with van der Waals surface area (Å²) in [4.78, 5) is 18.7. The summed E-state index contributed by atoms with van der Waals surface area (Å²) in [6.07, 6.45) is 6.96. The second-order valence-electron chi connectivity index (χ2n) is 8.04. The molecule has 2 heterocycles. The zero-order valence-electron chi connectivity index (χ0n) is 17.7. The van der Waals surface area contributed by atoms with Crippen molar-refractivity contribution in [1.29, 1.82) is 0 Å². The van der Waals surface area contributed by atoms with Gasteiger partial charge in [0.25, 0.3) is 5.91 Å². The van der Waals surface area contributed by atoms with Gasteiger partial charge in [-0.05, 0) is 62.7 Å². The number of nitrogens with zero attached hydrogens (tertiary/aromatic N) is 3. The van der Waals surface area contributed by atoms with Crippen LogP contribution in [0.25, 0.3) is 0 Å². The lowest BCUT2D eigenvalue weighted by atomic mass is 9.65. The molecule has 1 aromatic carbocycles. The molecule has 0 bridgehead atoms. The zero-order chi connectivity index (χ0) is 21.1. The number of methoxy groups -OCH3 is 2. The maximum Gasteiger partial charge on any atom is 0.272 e. The van der Waals surface area contributed by atoms with E-state index in [2.05, 4.69) is 39.6 Å². The Balaban J connectivity index is 1.55. The number of fused-ring (bicyclic) bond motifs is 1. The molecule has 2 unspecified atom stereocenters. The molecule has 30 heavy (non-hydrogen) atoms. The number of nitrogens with one attached hydrogen (secondary N) is 1. The van der Waals surface area contributed by atoms with Crippen LogP contribution < -0.4 is 14.9 Å². The van der Waals surface area contributed by atoms with Crippen LogP contribution in [0, 0.1) is 0 Å². The maximum atomic E-state index is 12.3. The summed E-state index contributed by atoms with van der Waals surface area (Å²) in [5, 5.41) is 4.46. The normalized spacial score (nSPS) is 25.0. The first-order valence-electron chi connectivity index (χ1n) is 10.3. The smallest absolute Gasteiger partial charge is 0.272 e. The largest absolute Gasteiger partial charge is 0.493 e. The monoisotopic (exact) mass is 408 g/mol. The van der Waals surface area contributed by atoms with E-state index in [1.807, 2.05) is 6.07 Å². The summed E-state index contributed by atoms with van der Waals surface area (Å²) in [6, 6.07) is 10.1. The minimum absolute atomic E-state index is 0.0562. The molecule has 4 rings (SSSR count). The second kappa shape index (κ2) is 8.44. The minimum Gasteiger partial charge on any atom is -0.493 e. The fraction of sp³-hybridized carbons (Fsp3) is 0.435. The van der Waals surface area contributed by atoms with Crippen LogP contribution in [0.2, 0.25) is 0 Å². The first kappa shape index (κ1) is 20.3. The third-order valence-electron chi connectivity index (χ3n) is 6.57. The van der Waals surface area contributed by atoms with E-state index in [9.17, 15) is 4.79 Å². The van der Waals surface area contributed by atoms with Crippen LogP contribution in [0.4, 0.5) is 0 Å². The highest BCUT2D eigenvalue weighted by Crippen LogP contribution is 2.49. The number of likely N-dealkylation sites (tertiary alicyclic amines) is 1. The maximum absolute atomic E-state index is 12.3. The summed E-state index contributed by atoms with van der Waals surface area (Å²) in [6.45, 7) is 1.04. The number of benzene rings is 1. The lowest BCUT2D eigenvalue weighted by Gasteiger charge is -2.42. The van der Waals surface area contributed by atoms with E-state index in [1.54, 1.807) is 38.7 Å². The third-order valence-corrected chi connectivity index (χ3v) is 6.57. The fourth-order valence-electron chi connectivity index (χ4n) is 4.88. The molecule has 7 nitrogen and oxygen atoms in total. The molecule has 1 amide bonds. The van der Waals surface area contributed by atoms with E-state index in [0.29, 0.717) is 11.6 Å². The molecular formula is C23H28N4O3. The van der Waals surface area contributed by atoms with E-state index in [4.69, 9.17) is 9.47 Å². The van der Waals surface area contributed by atoms with Crippen molar-refractivity contribution in [1.82, 2.24) is 15.3 Å². The average molecular weight is 409 g/mol. The number of aromatic nitrogens is 1. The molecule has 1 saturated heterocycles. The number of hydrogen-bond acceptors (Lipinski definition) is 6. The van der Waals surface area contributed by atoms with Gasteiger partial charge in [0.15, 0.2) is 11.5 Å². The van der Waals surface area contributed by atoms with Crippen molar-refractivity contribution in [2.24, 2.45) is 5.10 Å². The predicted octanol–water partition coefficient (Wildman–Crippen LogP) is 3.01. The molecule has 1 N–H and O–H groups in total. The molecule has 1 aliphatic heterocycles. The van der Waals surface area contributed by atoms with Crippen molar-refractivity contribution in [2.45, 2.75) is 37.1 Å². The molecule has 2 aromatic rings. The first-order chi connectivity index (χ1) is 14.6. The van der Waals surface area contributed by atoms with Crippen LogP contribution in [-0.4, -0.2) is 55.4 Å². The standard InChI is InChI=1S/C23H28N4O3/c1-27-12-10-23(17-6-7-19(29-2)20(13-17)30-3)9-8-18(14-21(23)27)25-26-22(28)16-5-4-11-24-15-16/h4-7,11,13,15,21H,8-10,12,14H2,1-3H3,(H,26,28)/b25-18-. The fourth-order valence-corrected chi connectivity index (χ4v) is 4.88. The van der Waals surface area contributed by atoms with Crippen LogP contribution in [0.1, 0.15) is 41.6 Å². The second-order valence-corrected chi connectivity index (χ2v) is 8.04. The molecule has 7 heteroatoms. The average Bonchev–Trinajstić information content (AvgIpc) is 3.14. The van der Waals surface area contributed by atoms with Gasteiger partial charge in [0.2, 0.25) is 0 Å². The summed E-state index contributed by atoms with van der Waals surface area (Å²) < 4.78 is 11.0. The van der Waals surface area contributed by atoms with E-state index in [-0.39, 0.29) is 11.3 Å². The number of carbonyl (C=O) groups excluding carboxylic acids is 1. The number of hydrazone groups is 1. The number of carbonyl (C=O) groups is 1. The van der Waals surface area contributed by atoms with Crippen LogP contribution >= 0.6 is 0 Å². The lowest BCUT2D eigenvalue weighted by molar-refractivity contribution is 0.0954. The number of hydrogen-bond donors (Lipinski definition) is 1. The Labute approximate surface area is 177 Å². The molecule has 1 saturated carbocycles. The Morgan fingerprint density at radius 1 is 1.23 bits per heavy atom. The van der Waals surface area contributed by atoms with Gasteiger partial charge >= 0.3 is 0 Å². The Morgan fingerprint density at radius 3 is 2.80 bits per heavy atom.